The first-order valence-corrected chi connectivity index (χ1v) is 9.76. The van der Waals surface area contributed by atoms with Crippen LogP contribution in [0.15, 0.2) is 47.4 Å². The van der Waals surface area contributed by atoms with Gasteiger partial charge in [0.1, 0.15) is 11.2 Å². The zero-order valence-electron chi connectivity index (χ0n) is 16.5. The Hall–Kier alpha value is -3.13. The lowest BCUT2D eigenvalue weighted by atomic mass is 9.88. The van der Waals surface area contributed by atoms with Gasteiger partial charge < -0.3 is 5.32 Å². The summed E-state index contributed by atoms with van der Waals surface area (Å²) in [6.07, 6.45) is 4.78. The molecule has 0 radical (unpaired) electrons. The number of pyridine rings is 1. The molecule has 3 aromatic rings. The molecule has 3 heterocycles. The molecule has 1 aliphatic heterocycles. The topological polar surface area (TPSA) is 103 Å². The lowest BCUT2D eigenvalue weighted by molar-refractivity contribution is -0.384. The van der Waals surface area contributed by atoms with E-state index < -0.39 is 10.5 Å². The molecule has 1 aliphatic rings. The van der Waals surface area contributed by atoms with E-state index in [2.05, 4.69) is 10.3 Å². The van der Waals surface area contributed by atoms with E-state index in [0.29, 0.717) is 22.2 Å². The first-order valence-electron chi connectivity index (χ1n) is 9.76. The fourth-order valence-corrected chi connectivity index (χ4v) is 4.03. The van der Waals surface area contributed by atoms with E-state index in [9.17, 15) is 14.9 Å². The average Bonchev–Trinajstić information content (AvgIpc) is 2.74. The van der Waals surface area contributed by atoms with Crippen molar-refractivity contribution in [2.45, 2.75) is 44.7 Å². The number of non-ortho nitro benzene ring substituents is 1. The standard InChI is InChI=1S/C21H23N5O3/c1-21(2,17-10-3-4-11-22-17)25-20(27)16-9-6-12-23-19(16)18(24-25)14-7-5-8-15(13-14)26(28)29/h5-9,12-13,17,22H,3-4,10-11H2,1-2H3. The van der Waals surface area contributed by atoms with Gasteiger partial charge in [-0.15, -0.1) is 0 Å². The minimum Gasteiger partial charge on any atom is -0.312 e. The highest BCUT2D eigenvalue weighted by atomic mass is 16.6. The van der Waals surface area contributed by atoms with Crippen LogP contribution in [-0.2, 0) is 5.54 Å². The summed E-state index contributed by atoms with van der Waals surface area (Å²) in [6.45, 7) is 4.92. The number of hydrogen-bond acceptors (Lipinski definition) is 6. The van der Waals surface area contributed by atoms with Crippen LogP contribution in [0.3, 0.4) is 0 Å². The third-order valence-electron chi connectivity index (χ3n) is 5.69. The predicted octanol–water partition coefficient (Wildman–Crippen LogP) is 3.24. The fourth-order valence-electron chi connectivity index (χ4n) is 4.03. The van der Waals surface area contributed by atoms with Crippen molar-refractivity contribution in [3.05, 3.63) is 63.1 Å². The van der Waals surface area contributed by atoms with E-state index in [4.69, 9.17) is 5.10 Å². The van der Waals surface area contributed by atoms with E-state index in [1.807, 2.05) is 13.8 Å². The Morgan fingerprint density at radius 3 is 2.79 bits per heavy atom. The summed E-state index contributed by atoms with van der Waals surface area (Å²) in [7, 11) is 0. The van der Waals surface area contributed by atoms with E-state index in [-0.39, 0.29) is 17.3 Å². The van der Waals surface area contributed by atoms with Crippen LogP contribution in [0, 0.1) is 10.1 Å². The second-order valence-electron chi connectivity index (χ2n) is 7.93. The third kappa shape index (κ3) is 3.40. The minimum absolute atomic E-state index is 0.0284. The second-order valence-corrected chi connectivity index (χ2v) is 7.93. The number of benzene rings is 1. The van der Waals surface area contributed by atoms with Gasteiger partial charge in [0.2, 0.25) is 0 Å². The number of hydrogen-bond donors (Lipinski definition) is 1. The Morgan fingerprint density at radius 1 is 1.24 bits per heavy atom. The summed E-state index contributed by atoms with van der Waals surface area (Å²) in [5, 5.41) is 19.9. The summed E-state index contributed by atoms with van der Waals surface area (Å²) in [5.41, 5.74) is 0.661. The number of piperidine rings is 1. The van der Waals surface area contributed by atoms with Crippen molar-refractivity contribution in [2.75, 3.05) is 6.54 Å². The van der Waals surface area contributed by atoms with E-state index in [1.54, 1.807) is 30.5 Å². The maximum Gasteiger partial charge on any atom is 0.276 e. The molecule has 150 valence electrons. The van der Waals surface area contributed by atoms with Crippen LogP contribution < -0.4 is 10.9 Å². The largest absolute Gasteiger partial charge is 0.312 e. The number of rotatable bonds is 4. The summed E-state index contributed by atoms with van der Waals surface area (Å²) < 4.78 is 1.52. The molecule has 0 bridgehead atoms. The van der Waals surface area contributed by atoms with Gasteiger partial charge in [0.15, 0.2) is 0 Å². The number of nitrogens with zero attached hydrogens (tertiary/aromatic N) is 4. The third-order valence-corrected chi connectivity index (χ3v) is 5.69. The average molecular weight is 393 g/mol. The van der Waals surface area contributed by atoms with Crippen molar-refractivity contribution in [2.24, 2.45) is 0 Å². The van der Waals surface area contributed by atoms with Crippen molar-refractivity contribution in [3.63, 3.8) is 0 Å². The van der Waals surface area contributed by atoms with Crippen molar-refractivity contribution in [1.29, 1.82) is 0 Å². The number of nitro groups is 1. The molecular weight excluding hydrogens is 370 g/mol. The maximum absolute atomic E-state index is 13.3. The van der Waals surface area contributed by atoms with Gasteiger partial charge in [0.25, 0.3) is 11.2 Å². The molecule has 1 atom stereocenters. The molecule has 1 fully saturated rings. The molecule has 8 nitrogen and oxygen atoms in total. The smallest absolute Gasteiger partial charge is 0.276 e. The number of aromatic nitrogens is 3. The molecule has 2 aromatic heterocycles. The summed E-state index contributed by atoms with van der Waals surface area (Å²) >= 11 is 0. The van der Waals surface area contributed by atoms with Crippen LogP contribution in [0.1, 0.15) is 33.1 Å². The lowest BCUT2D eigenvalue weighted by Crippen LogP contribution is -2.54. The Bertz CT molecular complexity index is 1130. The van der Waals surface area contributed by atoms with Gasteiger partial charge in [-0.25, -0.2) is 4.68 Å². The molecule has 0 saturated carbocycles. The van der Waals surface area contributed by atoms with Crippen LogP contribution in [-0.4, -0.2) is 32.3 Å². The van der Waals surface area contributed by atoms with Crippen molar-refractivity contribution >= 4 is 16.6 Å². The maximum atomic E-state index is 13.3. The zero-order chi connectivity index (χ0) is 20.6. The molecule has 1 aromatic carbocycles. The van der Waals surface area contributed by atoms with Crippen molar-refractivity contribution < 1.29 is 4.92 Å². The lowest BCUT2D eigenvalue weighted by Gasteiger charge is -2.38. The molecule has 8 heteroatoms. The van der Waals surface area contributed by atoms with Crippen molar-refractivity contribution in [1.82, 2.24) is 20.1 Å². The first-order chi connectivity index (χ1) is 13.9. The molecule has 1 saturated heterocycles. The normalized spacial score (nSPS) is 17.4. The Morgan fingerprint density at radius 2 is 2.07 bits per heavy atom. The predicted molar refractivity (Wildman–Crippen MR) is 111 cm³/mol. The SMILES string of the molecule is CC(C)(C1CCCCN1)n1nc(-c2cccc([N+](=O)[O-])c2)c2ncccc2c1=O. The molecule has 29 heavy (non-hydrogen) atoms. The Labute approximate surface area is 167 Å². The quantitative estimate of drug-likeness (QED) is 0.539. The van der Waals surface area contributed by atoms with Crippen LogP contribution in [0.2, 0.25) is 0 Å². The van der Waals surface area contributed by atoms with E-state index >= 15 is 0 Å². The highest BCUT2D eigenvalue weighted by molar-refractivity contribution is 5.90. The van der Waals surface area contributed by atoms with Crippen molar-refractivity contribution in [3.8, 4) is 11.3 Å². The van der Waals surface area contributed by atoms with E-state index in [0.717, 1.165) is 25.8 Å². The number of fused-ring (bicyclic) bond motifs is 1. The highest BCUT2D eigenvalue weighted by Crippen LogP contribution is 2.29. The molecular formula is C21H23N5O3. The van der Waals surface area contributed by atoms with Gasteiger partial charge in [-0.3, -0.25) is 19.9 Å². The summed E-state index contributed by atoms with van der Waals surface area (Å²) in [4.78, 5) is 28.5. The van der Waals surface area contributed by atoms with Gasteiger partial charge in [0, 0.05) is 29.9 Å². The molecule has 1 unspecified atom stereocenters. The Balaban J connectivity index is 1.96. The number of nitrogens with one attached hydrogen (secondary N) is 1. The monoisotopic (exact) mass is 393 g/mol. The van der Waals surface area contributed by atoms with Gasteiger partial charge in [0.05, 0.1) is 15.8 Å². The van der Waals surface area contributed by atoms with Crippen LogP contribution in [0.25, 0.3) is 22.2 Å². The second kappa shape index (κ2) is 7.36. The van der Waals surface area contributed by atoms with Crippen LogP contribution >= 0.6 is 0 Å². The summed E-state index contributed by atoms with van der Waals surface area (Å²) in [5.74, 6) is 0. The highest BCUT2D eigenvalue weighted by Gasteiger charge is 2.35. The minimum atomic E-state index is -0.572. The van der Waals surface area contributed by atoms with Gasteiger partial charge in [-0.2, -0.15) is 5.10 Å². The number of nitro benzene ring substituents is 1. The van der Waals surface area contributed by atoms with E-state index in [1.165, 1.54) is 16.8 Å². The molecule has 4 rings (SSSR count). The van der Waals surface area contributed by atoms with Gasteiger partial charge in [-0.05, 0) is 45.4 Å². The van der Waals surface area contributed by atoms with Crippen LogP contribution in [0.4, 0.5) is 5.69 Å². The zero-order valence-corrected chi connectivity index (χ0v) is 16.5. The Kier molecular flexibility index (Phi) is 4.87. The first kappa shape index (κ1) is 19.2. The molecule has 1 N–H and O–H groups in total. The van der Waals surface area contributed by atoms with Gasteiger partial charge in [-0.1, -0.05) is 18.6 Å². The molecule has 0 spiro atoms. The van der Waals surface area contributed by atoms with Gasteiger partial charge >= 0.3 is 0 Å². The molecule has 0 aliphatic carbocycles. The molecule has 0 amide bonds. The van der Waals surface area contributed by atoms with Crippen LogP contribution in [0.5, 0.6) is 0 Å². The summed E-state index contributed by atoms with van der Waals surface area (Å²) in [6, 6.07) is 9.83. The fraction of sp³-hybridized carbons (Fsp3) is 0.381.